The first-order chi connectivity index (χ1) is 7.41. The van der Waals surface area contributed by atoms with Crippen molar-refractivity contribution in [1.29, 1.82) is 0 Å². The number of ether oxygens (including phenoxy) is 3. The highest BCUT2D eigenvalue weighted by atomic mass is 16.7. The lowest BCUT2D eigenvalue weighted by Gasteiger charge is -2.30. The summed E-state index contributed by atoms with van der Waals surface area (Å²) in [7, 11) is 0. The smallest absolute Gasteiger partial charge is 0.371 e. The lowest BCUT2D eigenvalue weighted by molar-refractivity contribution is -0.242. The Kier molecular flexibility index (Phi) is 5.29. The Morgan fingerprint density at radius 2 is 1.24 bits per heavy atom. The SMILES string of the molecule is CC(=O)OC(=O)C(OC(C)(C)C)OC(C)(C)C. The number of carbonyl (C=O) groups excluding carboxylic acids is 2. The van der Waals surface area contributed by atoms with E-state index in [0.29, 0.717) is 0 Å². The van der Waals surface area contributed by atoms with Gasteiger partial charge in [0.05, 0.1) is 11.2 Å². The molecule has 0 heterocycles. The van der Waals surface area contributed by atoms with Crippen molar-refractivity contribution < 1.29 is 23.8 Å². The number of carbonyl (C=O) groups is 2. The van der Waals surface area contributed by atoms with E-state index in [1.807, 2.05) is 0 Å². The number of hydrogen-bond donors (Lipinski definition) is 0. The molecule has 0 aromatic heterocycles. The molecule has 0 amide bonds. The van der Waals surface area contributed by atoms with Gasteiger partial charge in [-0.25, -0.2) is 4.79 Å². The van der Waals surface area contributed by atoms with Gasteiger partial charge in [-0.2, -0.15) is 0 Å². The summed E-state index contributed by atoms with van der Waals surface area (Å²) in [4.78, 5) is 22.4. The Balaban J connectivity index is 4.73. The van der Waals surface area contributed by atoms with E-state index < -0.39 is 29.4 Å². The maximum absolute atomic E-state index is 11.6. The molecule has 0 atom stereocenters. The van der Waals surface area contributed by atoms with Crippen LogP contribution in [0.25, 0.3) is 0 Å². The predicted octanol–water partition coefficient (Wildman–Crippen LogP) is 2.03. The second-order valence-corrected chi connectivity index (χ2v) is 5.71. The number of rotatable bonds is 3. The minimum atomic E-state index is -1.21. The maximum atomic E-state index is 11.6. The van der Waals surface area contributed by atoms with Gasteiger partial charge in [0.25, 0.3) is 6.29 Å². The Morgan fingerprint density at radius 3 is 1.47 bits per heavy atom. The zero-order chi connectivity index (χ0) is 13.9. The van der Waals surface area contributed by atoms with Crippen molar-refractivity contribution in [3.05, 3.63) is 0 Å². The molecule has 0 aromatic rings. The second kappa shape index (κ2) is 5.60. The van der Waals surface area contributed by atoms with Gasteiger partial charge in [-0.3, -0.25) is 4.79 Å². The van der Waals surface area contributed by atoms with Gasteiger partial charge >= 0.3 is 11.9 Å². The molecule has 0 radical (unpaired) electrons. The van der Waals surface area contributed by atoms with E-state index in [1.165, 1.54) is 0 Å². The van der Waals surface area contributed by atoms with Crippen molar-refractivity contribution in [3.63, 3.8) is 0 Å². The van der Waals surface area contributed by atoms with Crippen molar-refractivity contribution in [2.75, 3.05) is 0 Å². The Bertz CT molecular complexity index is 266. The Morgan fingerprint density at radius 1 is 0.882 bits per heavy atom. The van der Waals surface area contributed by atoms with Crippen molar-refractivity contribution in [2.45, 2.75) is 66.0 Å². The topological polar surface area (TPSA) is 61.8 Å². The molecule has 0 saturated heterocycles. The fourth-order valence-electron chi connectivity index (χ4n) is 0.952. The second-order valence-electron chi connectivity index (χ2n) is 5.71. The summed E-state index contributed by atoms with van der Waals surface area (Å²) in [5, 5.41) is 0. The van der Waals surface area contributed by atoms with Crippen LogP contribution in [0.1, 0.15) is 48.5 Å². The fourth-order valence-corrected chi connectivity index (χ4v) is 0.952. The van der Waals surface area contributed by atoms with Gasteiger partial charge in [0.1, 0.15) is 0 Å². The number of hydrogen-bond acceptors (Lipinski definition) is 5. The molecule has 0 N–H and O–H groups in total. The van der Waals surface area contributed by atoms with Gasteiger partial charge < -0.3 is 14.2 Å². The van der Waals surface area contributed by atoms with Crippen LogP contribution < -0.4 is 0 Å². The number of esters is 2. The summed E-state index contributed by atoms with van der Waals surface area (Å²) in [5.41, 5.74) is -1.16. The molecule has 0 fully saturated rings. The highest BCUT2D eigenvalue weighted by molar-refractivity contribution is 5.86. The van der Waals surface area contributed by atoms with Crippen LogP contribution in [-0.4, -0.2) is 29.4 Å². The molecule has 17 heavy (non-hydrogen) atoms. The van der Waals surface area contributed by atoms with Crippen LogP contribution in [0.5, 0.6) is 0 Å². The van der Waals surface area contributed by atoms with Crippen LogP contribution in [0.4, 0.5) is 0 Å². The molecule has 0 spiro atoms. The molecular weight excluding hydrogens is 224 g/mol. The summed E-state index contributed by atoms with van der Waals surface area (Å²) in [5.74, 6) is -1.52. The van der Waals surface area contributed by atoms with Gasteiger partial charge in [-0.15, -0.1) is 0 Å². The van der Waals surface area contributed by atoms with E-state index in [0.717, 1.165) is 6.92 Å². The van der Waals surface area contributed by atoms with E-state index >= 15 is 0 Å². The van der Waals surface area contributed by atoms with Gasteiger partial charge in [0.2, 0.25) is 0 Å². The third-order valence-electron chi connectivity index (χ3n) is 1.36. The normalized spacial score (nSPS) is 12.7. The first-order valence-corrected chi connectivity index (χ1v) is 5.48. The summed E-state index contributed by atoms with van der Waals surface area (Å²) in [6.07, 6.45) is -1.21. The molecule has 0 aliphatic heterocycles. The van der Waals surface area contributed by atoms with Crippen molar-refractivity contribution in [3.8, 4) is 0 Å². The quantitative estimate of drug-likeness (QED) is 0.433. The third-order valence-corrected chi connectivity index (χ3v) is 1.36. The summed E-state index contributed by atoms with van der Waals surface area (Å²) in [6.45, 7) is 11.9. The summed E-state index contributed by atoms with van der Waals surface area (Å²) >= 11 is 0. The molecule has 0 bridgehead atoms. The van der Waals surface area contributed by atoms with Crippen molar-refractivity contribution in [2.24, 2.45) is 0 Å². The van der Waals surface area contributed by atoms with Crippen LogP contribution in [0, 0.1) is 0 Å². The average molecular weight is 246 g/mol. The van der Waals surface area contributed by atoms with Gasteiger partial charge in [-0.1, -0.05) is 0 Å². The van der Waals surface area contributed by atoms with E-state index in [-0.39, 0.29) is 0 Å². The Labute approximate surface area is 102 Å². The molecule has 0 aromatic carbocycles. The maximum Gasteiger partial charge on any atom is 0.371 e. The zero-order valence-corrected chi connectivity index (χ0v) is 11.6. The van der Waals surface area contributed by atoms with Gasteiger partial charge in [-0.05, 0) is 41.5 Å². The molecule has 100 valence electrons. The summed E-state index contributed by atoms with van der Waals surface area (Å²) in [6, 6.07) is 0. The fraction of sp³-hybridized carbons (Fsp3) is 0.833. The molecule has 0 saturated carbocycles. The first-order valence-electron chi connectivity index (χ1n) is 5.48. The summed E-state index contributed by atoms with van der Waals surface area (Å²) < 4.78 is 15.3. The monoisotopic (exact) mass is 246 g/mol. The van der Waals surface area contributed by atoms with Crippen molar-refractivity contribution in [1.82, 2.24) is 0 Å². The van der Waals surface area contributed by atoms with E-state index in [2.05, 4.69) is 4.74 Å². The molecule has 0 unspecified atom stereocenters. The molecule has 5 heteroatoms. The zero-order valence-electron chi connectivity index (χ0n) is 11.6. The van der Waals surface area contributed by atoms with Crippen LogP contribution in [0.3, 0.4) is 0 Å². The van der Waals surface area contributed by atoms with Gasteiger partial charge in [0, 0.05) is 6.92 Å². The van der Waals surface area contributed by atoms with Crippen molar-refractivity contribution >= 4 is 11.9 Å². The van der Waals surface area contributed by atoms with E-state index in [9.17, 15) is 9.59 Å². The van der Waals surface area contributed by atoms with E-state index in [4.69, 9.17) is 9.47 Å². The highest BCUT2D eigenvalue weighted by Gasteiger charge is 2.32. The lowest BCUT2D eigenvalue weighted by Crippen LogP contribution is -2.41. The molecule has 0 rings (SSSR count). The van der Waals surface area contributed by atoms with E-state index in [1.54, 1.807) is 41.5 Å². The largest absolute Gasteiger partial charge is 0.390 e. The average Bonchev–Trinajstić information content (AvgIpc) is 1.95. The van der Waals surface area contributed by atoms with Crippen LogP contribution in [0.15, 0.2) is 0 Å². The highest BCUT2D eigenvalue weighted by Crippen LogP contribution is 2.18. The van der Waals surface area contributed by atoms with Gasteiger partial charge in [0.15, 0.2) is 0 Å². The standard InChI is InChI=1S/C12H22O5/c1-8(13)15-9(14)10(16-11(2,3)4)17-12(5,6)7/h10H,1-7H3. The molecule has 0 aliphatic rings. The molecule has 0 aliphatic carbocycles. The Hall–Kier alpha value is -0.940. The lowest BCUT2D eigenvalue weighted by atomic mass is 10.2. The minimum Gasteiger partial charge on any atom is -0.390 e. The van der Waals surface area contributed by atoms with Crippen LogP contribution in [-0.2, 0) is 23.8 Å². The predicted molar refractivity (Wildman–Crippen MR) is 62.2 cm³/mol. The molecular formula is C12H22O5. The molecule has 5 nitrogen and oxygen atoms in total. The van der Waals surface area contributed by atoms with Crippen LogP contribution in [0.2, 0.25) is 0 Å². The first kappa shape index (κ1) is 16.1. The minimum absolute atomic E-state index is 0.578. The van der Waals surface area contributed by atoms with Crippen LogP contribution >= 0.6 is 0 Å². The third kappa shape index (κ3) is 8.83.